The molecular formula is C20H28N4O3. The molecule has 1 unspecified atom stereocenters. The molecule has 0 spiro atoms. The first-order chi connectivity index (χ1) is 12.9. The maximum absolute atomic E-state index is 12.5. The van der Waals surface area contributed by atoms with Crippen LogP contribution in [0, 0.1) is 5.41 Å². The van der Waals surface area contributed by atoms with Gasteiger partial charge in [-0.2, -0.15) is 4.98 Å². The normalized spacial score (nSPS) is 19.1. The molecule has 146 valence electrons. The summed E-state index contributed by atoms with van der Waals surface area (Å²) >= 11 is 0. The molecule has 0 aliphatic carbocycles. The molecule has 1 aromatic heterocycles. The van der Waals surface area contributed by atoms with Gasteiger partial charge in [-0.05, 0) is 42.5 Å². The van der Waals surface area contributed by atoms with Gasteiger partial charge in [-0.3, -0.25) is 4.79 Å². The lowest BCUT2D eigenvalue weighted by atomic mass is 9.79. The number of aryl methyl sites for hydroxylation is 1. The molecule has 3 rings (SSSR count). The fourth-order valence-corrected chi connectivity index (χ4v) is 3.35. The number of hydrogen-bond acceptors (Lipinski definition) is 6. The lowest BCUT2D eigenvalue weighted by Crippen LogP contribution is -2.53. The van der Waals surface area contributed by atoms with E-state index in [9.17, 15) is 4.79 Å². The van der Waals surface area contributed by atoms with Gasteiger partial charge in [0, 0.05) is 37.5 Å². The molecule has 2 aromatic rings. The van der Waals surface area contributed by atoms with Crippen LogP contribution in [-0.4, -0.2) is 47.2 Å². The quantitative estimate of drug-likeness (QED) is 0.838. The maximum atomic E-state index is 12.5. The number of carbonyl (C=O) groups is 1. The van der Waals surface area contributed by atoms with Gasteiger partial charge in [0.15, 0.2) is 0 Å². The van der Waals surface area contributed by atoms with Crippen LogP contribution >= 0.6 is 0 Å². The summed E-state index contributed by atoms with van der Waals surface area (Å²) in [6, 6.07) is 7.64. The van der Waals surface area contributed by atoms with E-state index in [1.54, 1.807) is 7.11 Å². The Hall–Kier alpha value is -2.41. The van der Waals surface area contributed by atoms with E-state index >= 15 is 0 Å². The van der Waals surface area contributed by atoms with Gasteiger partial charge in [0.05, 0.1) is 7.11 Å². The Kier molecular flexibility index (Phi) is 5.79. The van der Waals surface area contributed by atoms with Crippen LogP contribution in [0.25, 0.3) is 11.4 Å². The molecule has 1 amide bonds. The molecule has 2 heterocycles. The van der Waals surface area contributed by atoms with Gasteiger partial charge in [-0.25, -0.2) is 0 Å². The Morgan fingerprint density at radius 1 is 1.37 bits per heavy atom. The molecule has 1 aliphatic rings. The van der Waals surface area contributed by atoms with Gasteiger partial charge in [0.1, 0.15) is 5.75 Å². The number of aromatic nitrogens is 2. The largest absolute Gasteiger partial charge is 0.497 e. The summed E-state index contributed by atoms with van der Waals surface area (Å²) in [6.07, 6.45) is 2.61. The van der Waals surface area contributed by atoms with Crippen molar-refractivity contribution in [3.63, 3.8) is 0 Å². The molecule has 1 saturated heterocycles. The van der Waals surface area contributed by atoms with Crippen LogP contribution in [0.4, 0.5) is 0 Å². The summed E-state index contributed by atoms with van der Waals surface area (Å²) < 4.78 is 10.5. The number of carbonyl (C=O) groups excluding carboxylic acids is 1. The zero-order chi connectivity index (χ0) is 19.4. The van der Waals surface area contributed by atoms with Gasteiger partial charge in [-0.1, -0.05) is 19.0 Å². The van der Waals surface area contributed by atoms with Gasteiger partial charge in [-0.15, -0.1) is 0 Å². The van der Waals surface area contributed by atoms with Crippen LogP contribution in [0.5, 0.6) is 5.75 Å². The van der Waals surface area contributed by atoms with Crippen molar-refractivity contribution in [2.24, 2.45) is 11.1 Å². The average molecular weight is 372 g/mol. The van der Waals surface area contributed by atoms with Crippen molar-refractivity contribution >= 4 is 5.91 Å². The minimum atomic E-state index is -0.0341. The number of nitrogens with zero attached hydrogens (tertiary/aromatic N) is 3. The van der Waals surface area contributed by atoms with E-state index in [1.165, 1.54) is 0 Å². The van der Waals surface area contributed by atoms with Crippen molar-refractivity contribution < 1.29 is 14.1 Å². The topological polar surface area (TPSA) is 94.5 Å². The second-order valence-electron chi connectivity index (χ2n) is 7.79. The minimum absolute atomic E-state index is 0.0341. The zero-order valence-electron chi connectivity index (χ0n) is 16.3. The lowest BCUT2D eigenvalue weighted by Gasteiger charge is -2.42. The molecule has 0 radical (unpaired) electrons. The minimum Gasteiger partial charge on any atom is -0.497 e. The highest BCUT2D eigenvalue weighted by Crippen LogP contribution is 2.28. The van der Waals surface area contributed by atoms with Gasteiger partial charge >= 0.3 is 0 Å². The van der Waals surface area contributed by atoms with E-state index < -0.39 is 0 Å². The number of hydrogen-bond donors (Lipinski definition) is 1. The SMILES string of the molecule is COc1ccc(-c2noc(CCCC(=O)N3CCC(N)C(C)(C)C3)n2)cc1. The summed E-state index contributed by atoms with van der Waals surface area (Å²) in [5.41, 5.74) is 6.98. The van der Waals surface area contributed by atoms with Gasteiger partial charge in [0.2, 0.25) is 17.6 Å². The van der Waals surface area contributed by atoms with E-state index in [0.29, 0.717) is 31.0 Å². The molecule has 7 nitrogen and oxygen atoms in total. The molecule has 7 heteroatoms. The van der Waals surface area contributed by atoms with E-state index in [0.717, 1.165) is 30.8 Å². The van der Waals surface area contributed by atoms with E-state index in [4.69, 9.17) is 15.0 Å². The van der Waals surface area contributed by atoms with Crippen molar-refractivity contribution in [3.05, 3.63) is 30.2 Å². The molecule has 1 atom stereocenters. The highest BCUT2D eigenvalue weighted by atomic mass is 16.5. The number of methoxy groups -OCH3 is 1. The number of amides is 1. The van der Waals surface area contributed by atoms with Crippen LogP contribution in [0.3, 0.4) is 0 Å². The number of rotatable bonds is 6. The molecule has 27 heavy (non-hydrogen) atoms. The Morgan fingerprint density at radius 2 is 2.11 bits per heavy atom. The van der Waals surface area contributed by atoms with E-state index in [2.05, 4.69) is 24.0 Å². The smallest absolute Gasteiger partial charge is 0.226 e. The predicted octanol–water partition coefficient (Wildman–Crippen LogP) is 2.65. The van der Waals surface area contributed by atoms with Gasteiger partial charge in [0.25, 0.3) is 0 Å². The highest BCUT2D eigenvalue weighted by molar-refractivity contribution is 5.76. The first-order valence-electron chi connectivity index (χ1n) is 9.39. The summed E-state index contributed by atoms with van der Waals surface area (Å²) in [6.45, 7) is 5.70. The summed E-state index contributed by atoms with van der Waals surface area (Å²) in [5, 5.41) is 4.02. The van der Waals surface area contributed by atoms with Crippen molar-refractivity contribution in [1.82, 2.24) is 15.0 Å². The van der Waals surface area contributed by atoms with E-state index in [1.807, 2.05) is 29.2 Å². The second-order valence-corrected chi connectivity index (χ2v) is 7.79. The fourth-order valence-electron chi connectivity index (χ4n) is 3.35. The molecule has 1 fully saturated rings. The average Bonchev–Trinajstić information content (AvgIpc) is 3.12. The van der Waals surface area contributed by atoms with Crippen LogP contribution < -0.4 is 10.5 Å². The summed E-state index contributed by atoms with van der Waals surface area (Å²) in [5.74, 6) is 2.05. The van der Waals surface area contributed by atoms with Crippen LogP contribution in [0.2, 0.25) is 0 Å². The number of likely N-dealkylation sites (tertiary alicyclic amines) is 1. The first-order valence-corrected chi connectivity index (χ1v) is 9.39. The third-order valence-corrected chi connectivity index (χ3v) is 5.26. The number of ether oxygens (including phenoxy) is 1. The molecule has 0 saturated carbocycles. The van der Waals surface area contributed by atoms with Crippen molar-refractivity contribution in [1.29, 1.82) is 0 Å². The lowest BCUT2D eigenvalue weighted by molar-refractivity contribution is -0.134. The zero-order valence-corrected chi connectivity index (χ0v) is 16.3. The number of nitrogens with two attached hydrogens (primary N) is 1. The highest BCUT2D eigenvalue weighted by Gasteiger charge is 2.35. The van der Waals surface area contributed by atoms with Crippen LogP contribution in [0.1, 0.15) is 39.0 Å². The molecule has 1 aliphatic heterocycles. The van der Waals surface area contributed by atoms with Crippen molar-refractivity contribution in [2.75, 3.05) is 20.2 Å². The maximum Gasteiger partial charge on any atom is 0.226 e. The Bertz CT molecular complexity index is 770. The van der Waals surface area contributed by atoms with Crippen LogP contribution in [-0.2, 0) is 11.2 Å². The fraction of sp³-hybridized carbons (Fsp3) is 0.550. The first kappa shape index (κ1) is 19.4. The summed E-state index contributed by atoms with van der Waals surface area (Å²) in [4.78, 5) is 18.8. The van der Waals surface area contributed by atoms with Gasteiger partial charge < -0.3 is 19.9 Å². The van der Waals surface area contributed by atoms with Crippen molar-refractivity contribution in [2.45, 2.75) is 45.6 Å². The summed E-state index contributed by atoms with van der Waals surface area (Å²) in [7, 11) is 1.63. The van der Waals surface area contributed by atoms with E-state index in [-0.39, 0.29) is 17.4 Å². The molecule has 1 aromatic carbocycles. The Labute approximate surface area is 159 Å². The number of piperidine rings is 1. The third kappa shape index (κ3) is 4.66. The second kappa shape index (κ2) is 8.08. The molecule has 0 bridgehead atoms. The number of benzene rings is 1. The predicted molar refractivity (Wildman–Crippen MR) is 102 cm³/mol. The standard InChI is InChI=1S/C20H28N4O3/c1-20(2)13-24(12-11-16(20)21)18(25)6-4-5-17-22-19(23-27-17)14-7-9-15(26-3)10-8-14/h7-10,16H,4-6,11-13,21H2,1-3H3. The Balaban J connectivity index is 1.49. The third-order valence-electron chi connectivity index (χ3n) is 5.26. The molecule has 2 N–H and O–H groups in total. The van der Waals surface area contributed by atoms with Crippen LogP contribution in [0.15, 0.2) is 28.8 Å². The monoisotopic (exact) mass is 372 g/mol. The van der Waals surface area contributed by atoms with Crippen molar-refractivity contribution in [3.8, 4) is 17.1 Å². The Morgan fingerprint density at radius 3 is 2.78 bits per heavy atom. The molecular weight excluding hydrogens is 344 g/mol.